The molecule has 0 fully saturated rings. The maximum absolute atomic E-state index is 12.5. The Labute approximate surface area is 132 Å². The lowest BCUT2D eigenvalue weighted by molar-refractivity contribution is 0.149. The fourth-order valence-corrected chi connectivity index (χ4v) is 2.80. The Balaban J connectivity index is 2.03. The van der Waals surface area contributed by atoms with Gasteiger partial charge in [0.1, 0.15) is 6.10 Å². The summed E-state index contributed by atoms with van der Waals surface area (Å²) in [7, 11) is 0. The molecule has 112 valence electrons. The summed E-state index contributed by atoms with van der Waals surface area (Å²) < 4.78 is 1.30. The fraction of sp³-hybridized carbons (Fsp3) is 0.176. The van der Waals surface area contributed by atoms with Crippen molar-refractivity contribution in [2.75, 3.05) is 0 Å². The van der Waals surface area contributed by atoms with E-state index < -0.39 is 6.10 Å². The highest BCUT2D eigenvalue weighted by Gasteiger charge is 2.15. The Morgan fingerprint density at radius 2 is 1.77 bits per heavy atom. The van der Waals surface area contributed by atoms with Crippen molar-refractivity contribution in [3.63, 3.8) is 0 Å². The lowest BCUT2D eigenvalue weighted by Gasteiger charge is -2.15. The number of aliphatic hydroxyl groups excluding tert-OH is 1. The van der Waals surface area contributed by atoms with E-state index in [1.807, 2.05) is 25.1 Å². The maximum atomic E-state index is 12.5. The highest BCUT2D eigenvalue weighted by molar-refractivity contribution is 6.31. The van der Waals surface area contributed by atoms with Crippen LogP contribution in [0.3, 0.4) is 0 Å². The van der Waals surface area contributed by atoms with Gasteiger partial charge in [-0.3, -0.25) is 4.79 Å². The number of rotatable bonds is 3. The quantitative estimate of drug-likeness (QED) is 0.808. The molecule has 0 spiro atoms. The van der Waals surface area contributed by atoms with Gasteiger partial charge >= 0.3 is 0 Å². The molecule has 0 aliphatic heterocycles. The number of aromatic nitrogens is 2. The summed E-state index contributed by atoms with van der Waals surface area (Å²) in [6, 6.07) is 14.4. The predicted octanol–water partition coefficient (Wildman–Crippen LogP) is 3.09. The van der Waals surface area contributed by atoms with E-state index in [0.717, 1.165) is 11.1 Å². The summed E-state index contributed by atoms with van der Waals surface area (Å²) in [6.07, 6.45) is -0.889. The zero-order chi connectivity index (χ0) is 15.7. The summed E-state index contributed by atoms with van der Waals surface area (Å²) in [5.41, 5.74) is 1.12. The summed E-state index contributed by atoms with van der Waals surface area (Å²) in [4.78, 5) is 12.5. The standard InChI is InChI=1S/C17H15ClN2O2/c1-11-12-6-2-3-7-13(12)17(22)20(19-11)10-16(21)14-8-4-5-9-15(14)18/h2-9,16,21H,10H2,1H3/t16-/m1/s1. The van der Waals surface area contributed by atoms with Gasteiger partial charge in [0, 0.05) is 16.0 Å². The average molecular weight is 315 g/mol. The van der Waals surface area contributed by atoms with Gasteiger partial charge in [-0.25, -0.2) is 4.68 Å². The Bertz CT molecular complexity index is 889. The highest BCUT2D eigenvalue weighted by atomic mass is 35.5. The molecule has 0 bridgehead atoms. The molecule has 2 aromatic carbocycles. The number of halogens is 1. The van der Waals surface area contributed by atoms with E-state index in [4.69, 9.17) is 11.6 Å². The third-order valence-electron chi connectivity index (χ3n) is 3.66. The fourth-order valence-electron chi connectivity index (χ4n) is 2.54. The van der Waals surface area contributed by atoms with Crippen LogP contribution >= 0.6 is 11.6 Å². The molecule has 0 aliphatic carbocycles. The van der Waals surface area contributed by atoms with Gasteiger partial charge in [-0.05, 0) is 19.1 Å². The van der Waals surface area contributed by atoms with Crippen LogP contribution in [-0.4, -0.2) is 14.9 Å². The molecule has 0 saturated carbocycles. The van der Waals surface area contributed by atoms with Crippen molar-refractivity contribution >= 4 is 22.4 Å². The maximum Gasteiger partial charge on any atom is 0.274 e. The van der Waals surface area contributed by atoms with Gasteiger partial charge in [0.15, 0.2) is 0 Å². The van der Waals surface area contributed by atoms with Gasteiger partial charge in [0.2, 0.25) is 0 Å². The zero-order valence-electron chi connectivity index (χ0n) is 12.0. The first-order chi connectivity index (χ1) is 10.6. The van der Waals surface area contributed by atoms with Gasteiger partial charge in [-0.15, -0.1) is 0 Å². The normalized spacial score (nSPS) is 12.5. The van der Waals surface area contributed by atoms with Crippen LogP contribution in [0, 0.1) is 6.92 Å². The van der Waals surface area contributed by atoms with Crippen LogP contribution in [-0.2, 0) is 6.54 Å². The molecule has 22 heavy (non-hydrogen) atoms. The van der Waals surface area contributed by atoms with Crippen LogP contribution in [0.2, 0.25) is 5.02 Å². The minimum absolute atomic E-state index is 0.0637. The SMILES string of the molecule is Cc1nn(C[C@@H](O)c2ccccc2Cl)c(=O)c2ccccc12. The second-order valence-electron chi connectivity index (χ2n) is 5.16. The third-order valence-corrected chi connectivity index (χ3v) is 4.01. The van der Waals surface area contributed by atoms with E-state index in [1.165, 1.54) is 4.68 Å². The highest BCUT2D eigenvalue weighted by Crippen LogP contribution is 2.23. The smallest absolute Gasteiger partial charge is 0.274 e. The van der Waals surface area contributed by atoms with Crippen LogP contribution in [0.25, 0.3) is 10.8 Å². The number of benzene rings is 2. The summed E-state index contributed by atoms with van der Waals surface area (Å²) in [5.74, 6) is 0. The topological polar surface area (TPSA) is 55.1 Å². The molecule has 3 aromatic rings. The molecule has 0 amide bonds. The number of hydrogen-bond acceptors (Lipinski definition) is 3. The second-order valence-corrected chi connectivity index (χ2v) is 5.56. The first-order valence-corrected chi connectivity index (χ1v) is 7.34. The third kappa shape index (κ3) is 2.63. The Kier molecular flexibility index (Phi) is 3.96. The van der Waals surface area contributed by atoms with Crippen molar-refractivity contribution in [2.24, 2.45) is 0 Å². The first-order valence-electron chi connectivity index (χ1n) is 6.97. The van der Waals surface area contributed by atoms with Crippen molar-refractivity contribution in [3.05, 3.63) is 75.2 Å². The zero-order valence-corrected chi connectivity index (χ0v) is 12.8. The molecule has 0 aliphatic rings. The van der Waals surface area contributed by atoms with Crippen LogP contribution in [0.1, 0.15) is 17.4 Å². The molecule has 0 unspecified atom stereocenters. The average Bonchev–Trinajstić information content (AvgIpc) is 2.52. The Morgan fingerprint density at radius 1 is 1.14 bits per heavy atom. The molecule has 0 radical (unpaired) electrons. The van der Waals surface area contributed by atoms with E-state index in [9.17, 15) is 9.90 Å². The van der Waals surface area contributed by atoms with Crippen molar-refractivity contribution in [1.29, 1.82) is 0 Å². The number of aliphatic hydroxyl groups is 1. The summed E-state index contributed by atoms with van der Waals surface area (Å²) in [6.45, 7) is 1.91. The van der Waals surface area contributed by atoms with Crippen LogP contribution in [0.15, 0.2) is 53.3 Å². The second kappa shape index (κ2) is 5.91. The predicted molar refractivity (Wildman–Crippen MR) is 87.2 cm³/mol. The number of hydrogen-bond donors (Lipinski definition) is 1. The minimum atomic E-state index is -0.889. The monoisotopic (exact) mass is 314 g/mol. The van der Waals surface area contributed by atoms with E-state index in [-0.39, 0.29) is 12.1 Å². The van der Waals surface area contributed by atoms with E-state index in [0.29, 0.717) is 16.0 Å². The van der Waals surface area contributed by atoms with Gasteiger partial charge in [-0.2, -0.15) is 5.10 Å². The Morgan fingerprint density at radius 3 is 2.50 bits per heavy atom. The summed E-state index contributed by atoms with van der Waals surface area (Å²) >= 11 is 6.08. The van der Waals surface area contributed by atoms with Gasteiger partial charge < -0.3 is 5.11 Å². The first kappa shape index (κ1) is 14.8. The largest absolute Gasteiger partial charge is 0.386 e. The van der Waals surface area contributed by atoms with Crippen LogP contribution in [0.5, 0.6) is 0 Å². The molecule has 1 N–H and O–H groups in total. The Hall–Kier alpha value is -2.17. The van der Waals surface area contributed by atoms with Crippen molar-refractivity contribution in [1.82, 2.24) is 9.78 Å². The number of nitrogens with zero attached hydrogens (tertiary/aromatic N) is 2. The molecular formula is C17H15ClN2O2. The summed E-state index contributed by atoms with van der Waals surface area (Å²) in [5, 5.41) is 16.6. The molecule has 4 nitrogen and oxygen atoms in total. The lowest BCUT2D eigenvalue weighted by Crippen LogP contribution is -2.27. The van der Waals surface area contributed by atoms with Gasteiger partial charge in [0.05, 0.1) is 17.6 Å². The molecule has 1 aromatic heterocycles. The van der Waals surface area contributed by atoms with E-state index >= 15 is 0 Å². The molecular weight excluding hydrogens is 300 g/mol. The van der Waals surface area contributed by atoms with Crippen molar-refractivity contribution in [2.45, 2.75) is 19.6 Å². The molecule has 1 heterocycles. The molecule has 3 rings (SSSR count). The molecule has 1 atom stereocenters. The number of aryl methyl sites for hydroxylation is 1. The molecule has 5 heteroatoms. The van der Waals surface area contributed by atoms with Gasteiger partial charge in [-0.1, -0.05) is 48.0 Å². The number of fused-ring (bicyclic) bond motifs is 1. The van der Waals surface area contributed by atoms with Gasteiger partial charge in [0.25, 0.3) is 5.56 Å². The van der Waals surface area contributed by atoms with Crippen LogP contribution < -0.4 is 5.56 Å². The van der Waals surface area contributed by atoms with Crippen molar-refractivity contribution in [3.8, 4) is 0 Å². The van der Waals surface area contributed by atoms with Crippen LogP contribution in [0.4, 0.5) is 0 Å². The van der Waals surface area contributed by atoms with E-state index in [1.54, 1.807) is 30.3 Å². The lowest BCUT2D eigenvalue weighted by atomic mass is 10.1. The minimum Gasteiger partial charge on any atom is -0.386 e. The molecule has 0 saturated heterocycles. The van der Waals surface area contributed by atoms with E-state index in [2.05, 4.69) is 5.10 Å². The van der Waals surface area contributed by atoms with Crippen molar-refractivity contribution < 1.29 is 5.11 Å².